The fourth-order valence-electron chi connectivity index (χ4n) is 3.66. The van der Waals surface area contributed by atoms with E-state index >= 15 is 0 Å². The summed E-state index contributed by atoms with van der Waals surface area (Å²) in [5.41, 5.74) is 8.72. The number of nitrogens with zero attached hydrogens (tertiary/aromatic N) is 4. The Labute approximate surface area is 115 Å². The molecule has 0 spiro atoms. The van der Waals surface area contributed by atoms with E-state index < -0.39 is 0 Å². The summed E-state index contributed by atoms with van der Waals surface area (Å²) < 4.78 is 0. The van der Waals surface area contributed by atoms with E-state index in [1.807, 2.05) is 4.90 Å². The predicted molar refractivity (Wildman–Crippen MR) is 74.4 cm³/mol. The highest BCUT2D eigenvalue weighted by Gasteiger charge is 2.41. The maximum Gasteiger partial charge on any atom is 0.222 e. The molecule has 1 aliphatic heterocycles. The van der Waals surface area contributed by atoms with E-state index in [4.69, 9.17) is 5.53 Å². The molecule has 1 atom stereocenters. The van der Waals surface area contributed by atoms with Crippen LogP contribution >= 0.6 is 0 Å². The lowest BCUT2D eigenvalue weighted by Crippen LogP contribution is -2.43. The second-order valence-electron chi connectivity index (χ2n) is 6.71. The normalized spacial score (nSPS) is 25.3. The first kappa shape index (κ1) is 14.2. The molecule has 1 saturated heterocycles. The van der Waals surface area contributed by atoms with E-state index in [1.54, 1.807) is 0 Å². The van der Waals surface area contributed by atoms with Crippen molar-refractivity contribution < 1.29 is 4.79 Å². The first-order valence-electron chi connectivity index (χ1n) is 7.33. The van der Waals surface area contributed by atoms with Gasteiger partial charge in [-0.3, -0.25) is 4.79 Å². The molecular weight excluding hydrogens is 240 g/mol. The molecule has 2 rings (SSSR count). The SMILES string of the molecule is CC(C)CC1(CN2CC(CN=[N+]=[N-])CC2=O)CCC1. The summed E-state index contributed by atoms with van der Waals surface area (Å²) in [7, 11) is 0. The Morgan fingerprint density at radius 1 is 1.53 bits per heavy atom. The summed E-state index contributed by atoms with van der Waals surface area (Å²) in [4.78, 5) is 16.8. The Bertz CT molecular complexity index is 383. The van der Waals surface area contributed by atoms with Crippen molar-refractivity contribution in [3.8, 4) is 0 Å². The number of likely N-dealkylation sites (tertiary alicyclic amines) is 1. The van der Waals surface area contributed by atoms with E-state index in [2.05, 4.69) is 23.9 Å². The van der Waals surface area contributed by atoms with Gasteiger partial charge in [0.1, 0.15) is 0 Å². The standard InChI is InChI=1S/C14H24N4O/c1-11(2)7-14(4-3-5-14)10-18-9-12(6-13(18)19)8-16-17-15/h11-12H,3-10H2,1-2H3. The molecular formula is C14H24N4O. The van der Waals surface area contributed by atoms with Gasteiger partial charge in [-0.15, -0.1) is 0 Å². The van der Waals surface area contributed by atoms with Crippen LogP contribution in [0.2, 0.25) is 0 Å². The zero-order chi connectivity index (χ0) is 13.9. The van der Waals surface area contributed by atoms with Gasteiger partial charge < -0.3 is 4.90 Å². The lowest BCUT2D eigenvalue weighted by molar-refractivity contribution is -0.130. The van der Waals surface area contributed by atoms with Crippen molar-refractivity contribution in [3.05, 3.63) is 10.4 Å². The largest absolute Gasteiger partial charge is 0.342 e. The van der Waals surface area contributed by atoms with Crippen LogP contribution in [0.15, 0.2) is 5.11 Å². The van der Waals surface area contributed by atoms with Gasteiger partial charge in [-0.25, -0.2) is 0 Å². The Kier molecular flexibility index (Phi) is 4.35. The molecule has 2 fully saturated rings. The van der Waals surface area contributed by atoms with Crippen LogP contribution in [0.25, 0.3) is 10.4 Å². The van der Waals surface area contributed by atoms with E-state index in [9.17, 15) is 4.79 Å². The maximum atomic E-state index is 12.0. The second kappa shape index (κ2) is 5.83. The van der Waals surface area contributed by atoms with Gasteiger partial charge >= 0.3 is 0 Å². The molecule has 1 saturated carbocycles. The number of hydrogen-bond acceptors (Lipinski definition) is 2. The van der Waals surface area contributed by atoms with Crippen LogP contribution in [0.5, 0.6) is 0 Å². The Balaban J connectivity index is 1.91. The molecule has 106 valence electrons. The van der Waals surface area contributed by atoms with E-state index in [0.717, 1.165) is 13.1 Å². The second-order valence-corrected chi connectivity index (χ2v) is 6.71. The van der Waals surface area contributed by atoms with E-state index in [-0.39, 0.29) is 11.8 Å². The number of azide groups is 1. The third kappa shape index (κ3) is 3.41. The average molecular weight is 264 g/mol. The fraction of sp³-hybridized carbons (Fsp3) is 0.929. The molecule has 1 unspecified atom stereocenters. The first-order valence-corrected chi connectivity index (χ1v) is 7.33. The summed E-state index contributed by atoms with van der Waals surface area (Å²) in [5.74, 6) is 1.16. The highest BCUT2D eigenvalue weighted by molar-refractivity contribution is 5.78. The summed E-state index contributed by atoms with van der Waals surface area (Å²) in [6, 6.07) is 0. The smallest absolute Gasteiger partial charge is 0.222 e. The number of hydrogen-bond donors (Lipinski definition) is 0. The Morgan fingerprint density at radius 3 is 2.79 bits per heavy atom. The quantitative estimate of drug-likeness (QED) is 0.412. The van der Waals surface area contributed by atoms with Crippen molar-refractivity contribution in [1.82, 2.24) is 4.90 Å². The van der Waals surface area contributed by atoms with Crippen LogP contribution in [0.4, 0.5) is 0 Å². The van der Waals surface area contributed by atoms with Crippen LogP contribution in [0, 0.1) is 17.3 Å². The van der Waals surface area contributed by atoms with Gasteiger partial charge in [-0.1, -0.05) is 25.4 Å². The molecule has 0 radical (unpaired) electrons. The van der Waals surface area contributed by atoms with Crippen molar-refractivity contribution in [2.45, 2.75) is 46.0 Å². The highest BCUT2D eigenvalue weighted by Crippen LogP contribution is 2.47. The zero-order valence-electron chi connectivity index (χ0n) is 12.0. The van der Waals surface area contributed by atoms with Gasteiger partial charge in [-0.2, -0.15) is 0 Å². The van der Waals surface area contributed by atoms with E-state index in [1.165, 1.54) is 25.7 Å². The molecule has 1 aliphatic carbocycles. The van der Waals surface area contributed by atoms with Crippen molar-refractivity contribution >= 4 is 5.91 Å². The van der Waals surface area contributed by atoms with Crippen molar-refractivity contribution in [3.63, 3.8) is 0 Å². The van der Waals surface area contributed by atoms with Crippen LogP contribution < -0.4 is 0 Å². The topological polar surface area (TPSA) is 69.1 Å². The third-order valence-corrected chi connectivity index (χ3v) is 4.48. The highest BCUT2D eigenvalue weighted by atomic mass is 16.2. The van der Waals surface area contributed by atoms with Crippen LogP contribution in [0.3, 0.4) is 0 Å². The van der Waals surface area contributed by atoms with Crippen LogP contribution in [-0.2, 0) is 4.79 Å². The molecule has 1 amide bonds. The average Bonchev–Trinajstić information content (AvgIpc) is 2.64. The van der Waals surface area contributed by atoms with Gasteiger partial charge in [0.25, 0.3) is 0 Å². The lowest BCUT2D eigenvalue weighted by atomic mass is 9.64. The van der Waals surface area contributed by atoms with Gasteiger partial charge in [-0.05, 0) is 42.0 Å². The van der Waals surface area contributed by atoms with Gasteiger partial charge in [0.2, 0.25) is 5.91 Å². The molecule has 1 heterocycles. The molecule has 2 aliphatic rings. The fourth-order valence-corrected chi connectivity index (χ4v) is 3.66. The minimum atomic E-state index is 0.222. The maximum absolute atomic E-state index is 12.0. The number of carbonyl (C=O) groups excluding carboxylic acids is 1. The molecule has 0 aromatic rings. The number of rotatable bonds is 6. The van der Waals surface area contributed by atoms with Gasteiger partial charge in [0.15, 0.2) is 0 Å². The first-order chi connectivity index (χ1) is 9.04. The molecule has 5 nitrogen and oxygen atoms in total. The number of amides is 1. The summed E-state index contributed by atoms with van der Waals surface area (Å²) in [5, 5.41) is 3.60. The van der Waals surface area contributed by atoms with Gasteiger partial charge in [0, 0.05) is 31.0 Å². The molecule has 19 heavy (non-hydrogen) atoms. The molecule has 0 aromatic carbocycles. The molecule has 0 N–H and O–H groups in total. The molecule has 5 heteroatoms. The van der Waals surface area contributed by atoms with Crippen molar-refractivity contribution in [1.29, 1.82) is 0 Å². The minimum Gasteiger partial charge on any atom is -0.342 e. The van der Waals surface area contributed by atoms with Crippen LogP contribution in [0.1, 0.15) is 46.0 Å². The van der Waals surface area contributed by atoms with Crippen molar-refractivity contribution in [2.75, 3.05) is 19.6 Å². The third-order valence-electron chi connectivity index (χ3n) is 4.48. The van der Waals surface area contributed by atoms with Gasteiger partial charge in [0.05, 0.1) is 0 Å². The summed E-state index contributed by atoms with van der Waals surface area (Å²) >= 11 is 0. The monoisotopic (exact) mass is 264 g/mol. The lowest BCUT2D eigenvalue weighted by Gasteiger charge is -2.45. The van der Waals surface area contributed by atoms with Crippen molar-refractivity contribution in [2.24, 2.45) is 22.4 Å². The minimum absolute atomic E-state index is 0.222. The number of carbonyl (C=O) groups is 1. The molecule has 0 bridgehead atoms. The summed E-state index contributed by atoms with van der Waals surface area (Å²) in [6.07, 6.45) is 5.59. The summed E-state index contributed by atoms with van der Waals surface area (Å²) in [6.45, 7) is 6.66. The molecule has 0 aromatic heterocycles. The predicted octanol–water partition coefficient (Wildman–Crippen LogP) is 3.36. The van der Waals surface area contributed by atoms with Crippen LogP contribution in [-0.4, -0.2) is 30.4 Å². The Hall–Kier alpha value is -1.22. The zero-order valence-corrected chi connectivity index (χ0v) is 12.0. The van der Waals surface area contributed by atoms with E-state index in [0.29, 0.717) is 24.3 Å². The Morgan fingerprint density at radius 2 is 2.26 bits per heavy atom.